The Morgan fingerprint density at radius 2 is 1.57 bits per heavy atom. The molecule has 0 unspecified atom stereocenters. The topological polar surface area (TPSA) is 86.0 Å². The number of likely N-dealkylation sites (N-methyl/N-ethyl adjacent to an activating group) is 1. The second-order valence-corrected chi connectivity index (χ2v) is 7.74. The maximum Gasteiger partial charge on any atom is 0.352 e. The summed E-state index contributed by atoms with van der Waals surface area (Å²) in [5.74, 6) is -2.14. The molecule has 7 nitrogen and oxygen atoms in total. The number of aromatic carboxylic acids is 1. The van der Waals surface area contributed by atoms with E-state index in [0.717, 1.165) is 24.2 Å². The summed E-state index contributed by atoms with van der Waals surface area (Å²) in [6.07, 6.45) is 0. The van der Waals surface area contributed by atoms with Crippen LogP contribution in [0.15, 0.2) is 54.6 Å². The minimum Gasteiger partial charge on any atom is -0.480 e. The van der Waals surface area contributed by atoms with Gasteiger partial charge in [0, 0.05) is 49.2 Å². The largest absolute Gasteiger partial charge is 0.480 e. The monoisotopic (exact) mass is 407 g/mol. The van der Waals surface area contributed by atoms with E-state index in [-0.39, 0.29) is 5.69 Å². The lowest BCUT2D eigenvalue weighted by Crippen LogP contribution is -2.48. The highest BCUT2D eigenvalue weighted by molar-refractivity contribution is 6.01. The zero-order valence-corrected chi connectivity index (χ0v) is 16.9. The normalized spacial score (nSPS) is 16.6. The number of para-hydroxylation sites is 1. The summed E-state index contributed by atoms with van der Waals surface area (Å²) in [5, 5.41) is 21.0. The first-order valence-corrected chi connectivity index (χ1v) is 10.0. The maximum atomic E-state index is 12.4. The van der Waals surface area contributed by atoms with Crippen LogP contribution in [0.1, 0.15) is 27.7 Å². The third-order valence-corrected chi connectivity index (χ3v) is 5.81. The van der Waals surface area contributed by atoms with Crippen molar-refractivity contribution in [3.63, 3.8) is 0 Å². The van der Waals surface area contributed by atoms with E-state index >= 15 is 0 Å². The van der Waals surface area contributed by atoms with Gasteiger partial charge in [-0.1, -0.05) is 48.5 Å². The van der Waals surface area contributed by atoms with Gasteiger partial charge in [-0.15, -0.1) is 0 Å². The molecule has 1 aliphatic rings. The van der Waals surface area contributed by atoms with Gasteiger partial charge in [-0.3, -0.25) is 9.69 Å². The lowest BCUT2D eigenvalue weighted by Gasteiger charge is -2.36. The van der Waals surface area contributed by atoms with Crippen LogP contribution in [0.3, 0.4) is 0 Å². The fraction of sp³-hybridized carbons (Fsp3) is 0.304. The summed E-state index contributed by atoms with van der Waals surface area (Å²) in [6, 6.07) is 16.0. The molecule has 0 spiro atoms. The molecule has 3 aromatic rings. The molecule has 0 saturated carbocycles. The van der Waals surface area contributed by atoms with E-state index in [2.05, 4.69) is 4.90 Å². The number of rotatable bonds is 6. The van der Waals surface area contributed by atoms with Crippen molar-refractivity contribution in [2.24, 2.45) is 0 Å². The van der Waals surface area contributed by atoms with Crippen LogP contribution in [0, 0.1) is 0 Å². The molecule has 0 aliphatic carbocycles. The van der Waals surface area contributed by atoms with Gasteiger partial charge in [0.05, 0.1) is 0 Å². The van der Waals surface area contributed by atoms with Gasteiger partial charge in [0.15, 0.2) is 0 Å². The van der Waals surface area contributed by atoms with E-state index in [0.29, 0.717) is 30.6 Å². The van der Waals surface area contributed by atoms with Crippen molar-refractivity contribution in [2.75, 3.05) is 33.2 Å². The molecule has 1 aliphatic heterocycles. The Morgan fingerprint density at radius 3 is 2.20 bits per heavy atom. The molecule has 0 amide bonds. The van der Waals surface area contributed by atoms with Crippen molar-refractivity contribution < 1.29 is 19.8 Å². The standard InChI is InChI=1S/C23H25N3O4/c1-24-11-13-25(14-12-24)20(22(27)28)19-17-9-5-6-10-18(17)26(21(19)23(29)30)15-16-7-3-2-4-8-16/h2-10,20H,11-15H2,1H3,(H,27,28)(H,29,30)/t20-/m1/s1. The highest BCUT2D eigenvalue weighted by atomic mass is 16.4. The predicted molar refractivity (Wildman–Crippen MR) is 114 cm³/mol. The summed E-state index contributed by atoms with van der Waals surface area (Å²) in [5.41, 5.74) is 2.10. The molecule has 4 rings (SSSR count). The molecule has 156 valence electrons. The molecule has 2 heterocycles. The minimum atomic E-state index is -1.11. The molecule has 2 N–H and O–H groups in total. The average molecular weight is 407 g/mol. The van der Waals surface area contributed by atoms with Crippen molar-refractivity contribution in [1.29, 1.82) is 0 Å². The van der Waals surface area contributed by atoms with E-state index < -0.39 is 18.0 Å². The van der Waals surface area contributed by atoms with Gasteiger partial charge in [0.1, 0.15) is 11.7 Å². The van der Waals surface area contributed by atoms with Gasteiger partial charge in [-0.25, -0.2) is 4.79 Å². The zero-order chi connectivity index (χ0) is 21.3. The lowest BCUT2D eigenvalue weighted by molar-refractivity contribution is -0.144. The molecule has 2 aromatic carbocycles. The summed E-state index contributed by atoms with van der Waals surface area (Å²) in [6.45, 7) is 3.00. The first-order chi connectivity index (χ1) is 14.5. The molecule has 7 heteroatoms. The number of aromatic nitrogens is 1. The molecule has 30 heavy (non-hydrogen) atoms. The van der Waals surface area contributed by atoms with Crippen LogP contribution in [-0.2, 0) is 11.3 Å². The van der Waals surface area contributed by atoms with Gasteiger partial charge in [0.2, 0.25) is 0 Å². The Kier molecular flexibility index (Phi) is 5.57. The van der Waals surface area contributed by atoms with E-state index in [1.165, 1.54) is 0 Å². The fourth-order valence-corrected chi connectivity index (χ4v) is 4.31. The average Bonchev–Trinajstić information content (AvgIpc) is 3.04. The number of hydrogen-bond donors (Lipinski definition) is 2. The third kappa shape index (κ3) is 3.69. The Balaban J connectivity index is 1.91. The highest BCUT2D eigenvalue weighted by Crippen LogP contribution is 2.35. The molecule has 0 radical (unpaired) electrons. The van der Waals surface area contributed by atoms with Crippen LogP contribution in [0.2, 0.25) is 0 Å². The van der Waals surface area contributed by atoms with Crippen LogP contribution in [0.5, 0.6) is 0 Å². The van der Waals surface area contributed by atoms with Crippen molar-refractivity contribution in [1.82, 2.24) is 14.4 Å². The van der Waals surface area contributed by atoms with Crippen molar-refractivity contribution in [3.05, 3.63) is 71.4 Å². The fourth-order valence-electron chi connectivity index (χ4n) is 4.31. The van der Waals surface area contributed by atoms with Crippen LogP contribution >= 0.6 is 0 Å². The minimum absolute atomic E-state index is 0.0476. The molecule has 1 aromatic heterocycles. The second kappa shape index (κ2) is 8.30. The molecular weight excluding hydrogens is 382 g/mol. The number of carboxylic acids is 2. The zero-order valence-electron chi connectivity index (χ0n) is 16.9. The van der Waals surface area contributed by atoms with E-state index in [9.17, 15) is 19.8 Å². The molecule has 1 saturated heterocycles. The number of nitrogens with zero attached hydrogens (tertiary/aromatic N) is 3. The molecule has 1 fully saturated rings. The van der Waals surface area contributed by atoms with Crippen LogP contribution in [-0.4, -0.2) is 69.7 Å². The van der Waals surface area contributed by atoms with Gasteiger partial charge in [-0.05, 0) is 18.7 Å². The number of hydrogen-bond acceptors (Lipinski definition) is 4. The summed E-state index contributed by atoms with van der Waals surface area (Å²) >= 11 is 0. The first-order valence-electron chi connectivity index (χ1n) is 10.0. The lowest BCUT2D eigenvalue weighted by atomic mass is 10.00. The van der Waals surface area contributed by atoms with Crippen molar-refractivity contribution in [2.45, 2.75) is 12.6 Å². The first kappa shape index (κ1) is 20.1. The SMILES string of the molecule is CN1CCN([C@@H](C(=O)O)c2c(C(=O)O)n(Cc3ccccc3)c3ccccc23)CC1. The summed E-state index contributed by atoms with van der Waals surface area (Å²) < 4.78 is 1.73. The van der Waals surface area contributed by atoms with Crippen LogP contribution in [0.4, 0.5) is 0 Å². The van der Waals surface area contributed by atoms with E-state index in [4.69, 9.17) is 0 Å². The number of benzene rings is 2. The number of carbonyl (C=O) groups is 2. The van der Waals surface area contributed by atoms with Gasteiger partial charge in [-0.2, -0.15) is 0 Å². The number of fused-ring (bicyclic) bond motifs is 1. The maximum absolute atomic E-state index is 12.4. The van der Waals surface area contributed by atoms with Gasteiger partial charge >= 0.3 is 11.9 Å². The molecular formula is C23H25N3O4. The van der Waals surface area contributed by atoms with Crippen LogP contribution in [0.25, 0.3) is 10.9 Å². The predicted octanol–water partition coefficient (Wildman–Crippen LogP) is 2.76. The quantitative estimate of drug-likeness (QED) is 0.654. The number of piperazine rings is 1. The van der Waals surface area contributed by atoms with E-state index in [1.807, 2.05) is 66.5 Å². The summed E-state index contributed by atoms with van der Waals surface area (Å²) in [4.78, 5) is 28.9. The highest BCUT2D eigenvalue weighted by Gasteiger charge is 2.36. The molecule has 0 bridgehead atoms. The smallest absolute Gasteiger partial charge is 0.352 e. The van der Waals surface area contributed by atoms with E-state index in [1.54, 1.807) is 4.57 Å². The van der Waals surface area contributed by atoms with Crippen molar-refractivity contribution in [3.8, 4) is 0 Å². The molecule has 1 atom stereocenters. The Morgan fingerprint density at radius 1 is 0.933 bits per heavy atom. The van der Waals surface area contributed by atoms with Crippen LogP contribution < -0.4 is 0 Å². The second-order valence-electron chi connectivity index (χ2n) is 7.74. The Hall–Kier alpha value is -3.16. The third-order valence-electron chi connectivity index (χ3n) is 5.81. The Bertz CT molecular complexity index is 1070. The van der Waals surface area contributed by atoms with Gasteiger partial charge < -0.3 is 19.7 Å². The number of aliphatic carboxylic acids is 1. The summed E-state index contributed by atoms with van der Waals surface area (Å²) in [7, 11) is 2.00. The Labute approximate surface area is 174 Å². The number of carboxylic acid groups (broad SMARTS) is 2. The van der Waals surface area contributed by atoms with Gasteiger partial charge in [0.25, 0.3) is 0 Å². The van der Waals surface area contributed by atoms with Crippen molar-refractivity contribution >= 4 is 22.8 Å².